The highest BCUT2D eigenvalue weighted by molar-refractivity contribution is 5.82. The summed E-state index contributed by atoms with van der Waals surface area (Å²) in [5.74, 6) is -2.21. The smallest absolute Gasteiger partial charge is 0.419 e. The van der Waals surface area contributed by atoms with Gasteiger partial charge in [0.15, 0.2) is 0 Å². The first kappa shape index (κ1) is 16.8. The van der Waals surface area contributed by atoms with Crippen LogP contribution in [-0.2, 0) is 22.2 Å². The van der Waals surface area contributed by atoms with Crippen molar-refractivity contribution in [3.05, 3.63) is 29.3 Å². The van der Waals surface area contributed by atoms with Crippen molar-refractivity contribution >= 4 is 11.9 Å². The van der Waals surface area contributed by atoms with E-state index < -0.39 is 35.4 Å². The Morgan fingerprint density at radius 1 is 1.38 bits per heavy atom. The zero-order valence-corrected chi connectivity index (χ0v) is 11.3. The molecule has 0 bridgehead atoms. The minimum absolute atomic E-state index is 0.149. The van der Waals surface area contributed by atoms with Crippen LogP contribution in [0.3, 0.4) is 0 Å². The van der Waals surface area contributed by atoms with Crippen molar-refractivity contribution in [2.75, 3.05) is 7.11 Å². The van der Waals surface area contributed by atoms with Gasteiger partial charge < -0.3 is 15.2 Å². The van der Waals surface area contributed by atoms with Gasteiger partial charge in [0, 0.05) is 13.3 Å². The van der Waals surface area contributed by atoms with Gasteiger partial charge in [-0.05, 0) is 17.7 Å². The van der Waals surface area contributed by atoms with Crippen molar-refractivity contribution in [1.29, 1.82) is 0 Å². The molecular formula is C13H14F3NO4. The van der Waals surface area contributed by atoms with Crippen LogP contribution in [0.2, 0.25) is 0 Å². The van der Waals surface area contributed by atoms with E-state index in [2.05, 4.69) is 10.1 Å². The number of carbonyl (C=O) groups is 2. The van der Waals surface area contributed by atoms with Crippen LogP contribution in [0.1, 0.15) is 18.1 Å². The van der Waals surface area contributed by atoms with Crippen LogP contribution >= 0.6 is 0 Å². The monoisotopic (exact) mass is 305 g/mol. The number of hydrogen-bond acceptors (Lipinski definition) is 3. The Kier molecular flexibility index (Phi) is 5.17. The fourth-order valence-corrected chi connectivity index (χ4v) is 1.78. The number of hydrogen-bond donors (Lipinski definition) is 2. The van der Waals surface area contributed by atoms with Gasteiger partial charge in [-0.1, -0.05) is 6.07 Å². The predicted octanol–water partition coefficient (Wildman–Crippen LogP) is 1.85. The molecule has 0 fully saturated rings. The maximum Gasteiger partial charge on any atom is 0.419 e. The lowest BCUT2D eigenvalue weighted by atomic mass is 10.0. The zero-order valence-electron chi connectivity index (χ0n) is 11.3. The fourth-order valence-electron chi connectivity index (χ4n) is 1.78. The third kappa shape index (κ3) is 4.66. The number of carboxylic acids is 1. The van der Waals surface area contributed by atoms with Crippen LogP contribution < -0.4 is 10.1 Å². The Labute approximate surface area is 118 Å². The van der Waals surface area contributed by atoms with Crippen molar-refractivity contribution in [2.45, 2.75) is 25.6 Å². The first-order valence-electron chi connectivity index (χ1n) is 5.89. The maximum absolute atomic E-state index is 12.7. The van der Waals surface area contributed by atoms with Crippen LogP contribution in [0, 0.1) is 0 Å². The number of methoxy groups -OCH3 is 1. The number of benzene rings is 1. The van der Waals surface area contributed by atoms with E-state index in [0.29, 0.717) is 5.56 Å². The molecule has 0 spiro atoms. The lowest BCUT2D eigenvalue weighted by Crippen LogP contribution is -2.41. The summed E-state index contributed by atoms with van der Waals surface area (Å²) in [6.45, 7) is 1.16. The maximum atomic E-state index is 12.7. The molecule has 0 aliphatic heterocycles. The number of nitrogens with one attached hydrogen (secondary N) is 1. The highest BCUT2D eigenvalue weighted by atomic mass is 19.4. The average molecular weight is 305 g/mol. The lowest BCUT2D eigenvalue weighted by molar-refractivity contribution is -0.141. The summed E-state index contributed by atoms with van der Waals surface area (Å²) < 4.78 is 42.8. The van der Waals surface area contributed by atoms with E-state index in [1.165, 1.54) is 0 Å². The molecule has 0 heterocycles. The highest BCUT2D eigenvalue weighted by Crippen LogP contribution is 2.36. The van der Waals surface area contributed by atoms with Crippen molar-refractivity contribution in [3.8, 4) is 5.75 Å². The van der Waals surface area contributed by atoms with Gasteiger partial charge in [-0.3, -0.25) is 4.79 Å². The van der Waals surface area contributed by atoms with Gasteiger partial charge in [-0.25, -0.2) is 4.79 Å². The minimum atomic E-state index is -4.56. The first-order valence-corrected chi connectivity index (χ1v) is 5.89. The second-order valence-electron chi connectivity index (χ2n) is 4.33. The topological polar surface area (TPSA) is 75.6 Å². The molecule has 1 rings (SSSR count). The molecule has 1 amide bonds. The van der Waals surface area contributed by atoms with E-state index >= 15 is 0 Å². The number of carboxylic acid groups (broad SMARTS) is 1. The molecule has 1 aromatic carbocycles. The number of aliphatic carboxylic acids is 1. The van der Waals surface area contributed by atoms with Crippen LogP contribution in [0.25, 0.3) is 0 Å². The molecule has 2 N–H and O–H groups in total. The van der Waals surface area contributed by atoms with Gasteiger partial charge in [0.05, 0.1) is 12.7 Å². The summed E-state index contributed by atoms with van der Waals surface area (Å²) in [5.41, 5.74) is -0.638. The largest absolute Gasteiger partial charge is 0.496 e. The molecule has 0 aliphatic carbocycles. The molecule has 0 aliphatic rings. The first-order chi connectivity index (χ1) is 9.65. The van der Waals surface area contributed by atoms with E-state index in [0.717, 1.165) is 32.2 Å². The number of alkyl halides is 3. The summed E-state index contributed by atoms with van der Waals surface area (Å²) in [6, 6.07) is 1.87. The summed E-state index contributed by atoms with van der Waals surface area (Å²) in [4.78, 5) is 21.9. The molecule has 1 atom stereocenters. The zero-order chi connectivity index (χ0) is 16.2. The van der Waals surface area contributed by atoms with Crippen LogP contribution in [-0.4, -0.2) is 30.1 Å². The quantitative estimate of drug-likeness (QED) is 0.870. The molecular weight excluding hydrogens is 291 g/mol. The van der Waals surface area contributed by atoms with Crippen molar-refractivity contribution in [3.63, 3.8) is 0 Å². The summed E-state index contributed by atoms with van der Waals surface area (Å²) >= 11 is 0. The fraction of sp³-hybridized carbons (Fsp3) is 0.385. The van der Waals surface area contributed by atoms with Gasteiger partial charge in [-0.15, -0.1) is 0 Å². The van der Waals surface area contributed by atoms with Crippen molar-refractivity contribution < 1.29 is 32.6 Å². The SMILES string of the molecule is COc1cc(C[C@@H](NC(C)=O)C(=O)O)ccc1C(F)(F)F. The van der Waals surface area contributed by atoms with Crippen LogP contribution in [0.4, 0.5) is 13.2 Å². The van der Waals surface area contributed by atoms with Crippen molar-refractivity contribution in [2.24, 2.45) is 0 Å². The Hall–Kier alpha value is -2.25. The summed E-state index contributed by atoms with van der Waals surface area (Å²) in [5, 5.41) is 11.2. The predicted molar refractivity (Wildman–Crippen MR) is 66.9 cm³/mol. The van der Waals surface area contributed by atoms with Gasteiger partial charge in [0.2, 0.25) is 5.91 Å². The van der Waals surface area contributed by atoms with E-state index in [4.69, 9.17) is 5.11 Å². The third-order valence-corrected chi connectivity index (χ3v) is 2.69. The van der Waals surface area contributed by atoms with E-state index in [1.807, 2.05) is 0 Å². The third-order valence-electron chi connectivity index (χ3n) is 2.69. The lowest BCUT2D eigenvalue weighted by Gasteiger charge is -2.16. The number of ether oxygens (including phenoxy) is 1. The van der Waals surface area contributed by atoms with Gasteiger partial charge in [0.1, 0.15) is 11.8 Å². The van der Waals surface area contributed by atoms with E-state index in [-0.39, 0.29) is 6.42 Å². The van der Waals surface area contributed by atoms with Gasteiger partial charge in [-0.2, -0.15) is 13.2 Å². The Morgan fingerprint density at radius 2 is 2.00 bits per heavy atom. The standard InChI is InChI=1S/C13H14F3NO4/c1-7(18)17-10(12(19)20)5-8-3-4-9(13(14,15)16)11(6-8)21-2/h3-4,6,10H,5H2,1-2H3,(H,17,18)(H,19,20)/t10-/m1/s1. The number of rotatable bonds is 5. The van der Waals surface area contributed by atoms with Crippen LogP contribution in [0.15, 0.2) is 18.2 Å². The normalized spacial score (nSPS) is 12.6. The molecule has 8 heteroatoms. The van der Waals surface area contributed by atoms with E-state index in [1.54, 1.807) is 0 Å². The van der Waals surface area contributed by atoms with Crippen LogP contribution in [0.5, 0.6) is 5.75 Å². The highest BCUT2D eigenvalue weighted by Gasteiger charge is 2.34. The molecule has 0 saturated carbocycles. The Morgan fingerprint density at radius 3 is 2.43 bits per heavy atom. The molecule has 116 valence electrons. The molecule has 0 aromatic heterocycles. The second-order valence-corrected chi connectivity index (χ2v) is 4.33. The molecule has 0 unspecified atom stereocenters. The Balaban J connectivity index is 3.04. The number of halogens is 3. The molecule has 0 radical (unpaired) electrons. The molecule has 0 saturated heterocycles. The molecule has 1 aromatic rings. The minimum Gasteiger partial charge on any atom is -0.496 e. The number of carbonyl (C=O) groups excluding carboxylic acids is 1. The second kappa shape index (κ2) is 6.47. The van der Waals surface area contributed by atoms with E-state index in [9.17, 15) is 22.8 Å². The average Bonchev–Trinajstić information content (AvgIpc) is 2.35. The molecule has 21 heavy (non-hydrogen) atoms. The van der Waals surface area contributed by atoms with Gasteiger partial charge >= 0.3 is 12.1 Å². The molecule has 5 nitrogen and oxygen atoms in total. The van der Waals surface area contributed by atoms with Crippen molar-refractivity contribution in [1.82, 2.24) is 5.32 Å². The Bertz CT molecular complexity index is 543. The summed E-state index contributed by atoms with van der Waals surface area (Å²) in [6.07, 6.45) is -4.71. The van der Waals surface area contributed by atoms with Gasteiger partial charge in [0.25, 0.3) is 0 Å². The number of amides is 1. The summed E-state index contributed by atoms with van der Waals surface area (Å²) in [7, 11) is 1.09.